The minimum Gasteiger partial charge on any atom is -0.369 e. The van der Waals surface area contributed by atoms with Gasteiger partial charge in [0, 0.05) is 30.5 Å². The monoisotopic (exact) mass is 428 g/mol. The second kappa shape index (κ2) is 15.2. The molecule has 0 amide bonds. The maximum absolute atomic E-state index is 5.87. The van der Waals surface area contributed by atoms with Crippen molar-refractivity contribution >= 4 is 53.7 Å². The fraction of sp³-hybridized carbons (Fsp3) is 0.684. The van der Waals surface area contributed by atoms with E-state index in [0.29, 0.717) is 11.8 Å². The SMILES string of the molecule is Cl.Cl.ClCCN(CCCl)c1ccc(CCCCN2CCCCC2)cc1. The number of piperidine rings is 1. The molecule has 0 spiro atoms. The molecule has 0 aliphatic carbocycles. The molecule has 6 heteroatoms. The first-order valence-electron chi connectivity index (χ1n) is 9.01. The van der Waals surface area contributed by atoms with Gasteiger partial charge in [-0.1, -0.05) is 18.6 Å². The van der Waals surface area contributed by atoms with E-state index in [1.54, 1.807) is 0 Å². The van der Waals surface area contributed by atoms with Gasteiger partial charge in [0.05, 0.1) is 0 Å². The number of benzene rings is 1. The summed E-state index contributed by atoms with van der Waals surface area (Å²) in [5.41, 5.74) is 2.66. The van der Waals surface area contributed by atoms with Crippen molar-refractivity contribution in [1.29, 1.82) is 0 Å². The summed E-state index contributed by atoms with van der Waals surface area (Å²) in [5, 5.41) is 0. The van der Waals surface area contributed by atoms with Gasteiger partial charge in [0.25, 0.3) is 0 Å². The van der Waals surface area contributed by atoms with E-state index in [-0.39, 0.29) is 24.8 Å². The molecular formula is C19H32Cl4N2. The molecule has 2 nitrogen and oxygen atoms in total. The standard InChI is InChI=1S/C19H30Cl2N2.2ClH/c20-11-16-23(17-12-21)19-9-7-18(8-10-19)6-2-5-15-22-13-3-1-4-14-22;;/h7-10H,1-6,11-17H2;2*1H. The van der Waals surface area contributed by atoms with Gasteiger partial charge in [-0.05, 0) is 69.4 Å². The van der Waals surface area contributed by atoms with E-state index in [1.807, 2.05) is 0 Å². The number of unbranched alkanes of at least 4 members (excludes halogenated alkanes) is 1. The number of alkyl halides is 2. The highest BCUT2D eigenvalue weighted by Crippen LogP contribution is 2.17. The predicted octanol–water partition coefficient (Wildman–Crippen LogP) is 5.62. The fourth-order valence-electron chi connectivity index (χ4n) is 3.30. The molecule has 1 fully saturated rings. The van der Waals surface area contributed by atoms with Crippen LogP contribution in [0.25, 0.3) is 0 Å². The van der Waals surface area contributed by atoms with Gasteiger partial charge >= 0.3 is 0 Å². The van der Waals surface area contributed by atoms with E-state index in [1.165, 1.54) is 69.4 Å². The number of anilines is 1. The number of likely N-dealkylation sites (tertiary alicyclic amines) is 1. The molecule has 1 aromatic rings. The Kier molecular flexibility index (Phi) is 15.3. The van der Waals surface area contributed by atoms with Crippen molar-refractivity contribution in [3.8, 4) is 0 Å². The number of aryl methyl sites for hydroxylation is 1. The summed E-state index contributed by atoms with van der Waals surface area (Å²) in [4.78, 5) is 4.88. The van der Waals surface area contributed by atoms with E-state index >= 15 is 0 Å². The Morgan fingerprint density at radius 3 is 2.00 bits per heavy atom. The predicted molar refractivity (Wildman–Crippen MR) is 118 cm³/mol. The largest absolute Gasteiger partial charge is 0.369 e. The molecule has 0 aromatic heterocycles. The van der Waals surface area contributed by atoms with E-state index in [0.717, 1.165) is 13.1 Å². The summed E-state index contributed by atoms with van der Waals surface area (Å²) in [6.45, 7) is 5.60. The molecule has 0 N–H and O–H groups in total. The Bertz CT molecular complexity index is 416. The first kappa shape index (κ1) is 25.1. The highest BCUT2D eigenvalue weighted by molar-refractivity contribution is 6.18. The molecule has 0 saturated carbocycles. The molecule has 146 valence electrons. The van der Waals surface area contributed by atoms with Gasteiger partial charge < -0.3 is 9.80 Å². The molecule has 2 rings (SSSR count). The zero-order valence-electron chi connectivity index (χ0n) is 15.0. The summed E-state index contributed by atoms with van der Waals surface area (Å²) >= 11 is 11.7. The Hall–Kier alpha value is 0.140. The van der Waals surface area contributed by atoms with Crippen LogP contribution in [0.2, 0.25) is 0 Å². The minimum atomic E-state index is 0. The van der Waals surface area contributed by atoms with Crippen LogP contribution >= 0.6 is 48.0 Å². The molecule has 1 aliphatic heterocycles. The van der Waals surface area contributed by atoms with Crippen LogP contribution in [0.5, 0.6) is 0 Å². The second-order valence-electron chi connectivity index (χ2n) is 6.39. The Morgan fingerprint density at radius 1 is 0.840 bits per heavy atom. The van der Waals surface area contributed by atoms with Crippen molar-refractivity contribution in [1.82, 2.24) is 4.90 Å². The van der Waals surface area contributed by atoms with E-state index < -0.39 is 0 Å². The minimum absolute atomic E-state index is 0. The lowest BCUT2D eigenvalue weighted by atomic mass is 10.1. The summed E-state index contributed by atoms with van der Waals surface area (Å²) in [7, 11) is 0. The molecule has 0 bridgehead atoms. The van der Waals surface area contributed by atoms with Crippen molar-refractivity contribution in [2.45, 2.75) is 38.5 Å². The van der Waals surface area contributed by atoms with Gasteiger partial charge in [-0.25, -0.2) is 0 Å². The quantitative estimate of drug-likeness (QED) is 0.351. The molecule has 1 aliphatic rings. The number of hydrogen-bond donors (Lipinski definition) is 0. The van der Waals surface area contributed by atoms with E-state index in [4.69, 9.17) is 23.2 Å². The summed E-state index contributed by atoms with van der Waals surface area (Å²) in [5.74, 6) is 1.27. The average molecular weight is 430 g/mol. The fourth-order valence-corrected chi connectivity index (χ4v) is 3.70. The molecule has 0 radical (unpaired) electrons. The van der Waals surface area contributed by atoms with Crippen LogP contribution in [-0.2, 0) is 6.42 Å². The van der Waals surface area contributed by atoms with Gasteiger partial charge in [-0.2, -0.15) is 0 Å². The Balaban J connectivity index is 0.00000288. The third kappa shape index (κ3) is 9.58. The maximum Gasteiger partial charge on any atom is 0.0399 e. The third-order valence-electron chi connectivity index (χ3n) is 4.65. The zero-order valence-corrected chi connectivity index (χ0v) is 18.1. The highest BCUT2D eigenvalue weighted by Gasteiger charge is 2.09. The van der Waals surface area contributed by atoms with Crippen LogP contribution < -0.4 is 4.90 Å². The number of halogens is 4. The van der Waals surface area contributed by atoms with Crippen LogP contribution in [0.15, 0.2) is 24.3 Å². The number of hydrogen-bond acceptors (Lipinski definition) is 2. The number of nitrogens with zero attached hydrogens (tertiary/aromatic N) is 2. The lowest BCUT2D eigenvalue weighted by molar-refractivity contribution is 0.225. The third-order valence-corrected chi connectivity index (χ3v) is 4.99. The lowest BCUT2D eigenvalue weighted by Crippen LogP contribution is -2.30. The molecular weight excluding hydrogens is 398 g/mol. The summed E-state index contributed by atoms with van der Waals surface area (Å²) in [6.07, 6.45) is 7.98. The normalized spacial score (nSPS) is 14.5. The molecule has 1 aromatic carbocycles. The first-order valence-corrected chi connectivity index (χ1v) is 10.1. The van der Waals surface area contributed by atoms with E-state index in [2.05, 4.69) is 34.1 Å². The first-order chi connectivity index (χ1) is 11.3. The average Bonchev–Trinajstić information content (AvgIpc) is 2.60. The molecule has 1 heterocycles. The van der Waals surface area contributed by atoms with Crippen molar-refractivity contribution in [2.24, 2.45) is 0 Å². The topological polar surface area (TPSA) is 6.48 Å². The van der Waals surface area contributed by atoms with Gasteiger partial charge in [0.1, 0.15) is 0 Å². The van der Waals surface area contributed by atoms with Gasteiger partial charge in [-0.3, -0.25) is 0 Å². The number of rotatable bonds is 10. The van der Waals surface area contributed by atoms with E-state index in [9.17, 15) is 0 Å². The van der Waals surface area contributed by atoms with Gasteiger partial charge in [-0.15, -0.1) is 48.0 Å². The maximum atomic E-state index is 5.87. The van der Waals surface area contributed by atoms with Crippen molar-refractivity contribution in [3.63, 3.8) is 0 Å². The molecule has 0 atom stereocenters. The van der Waals surface area contributed by atoms with Crippen LogP contribution in [-0.4, -0.2) is 49.4 Å². The second-order valence-corrected chi connectivity index (χ2v) is 7.15. The Morgan fingerprint density at radius 2 is 1.44 bits per heavy atom. The van der Waals surface area contributed by atoms with Gasteiger partial charge in [0.15, 0.2) is 0 Å². The van der Waals surface area contributed by atoms with Crippen molar-refractivity contribution in [2.75, 3.05) is 49.4 Å². The van der Waals surface area contributed by atoms with Crippen LogP contribution in [0.4, 0.5) is 5.69 Å². The van der Waals surface area contributed by atoms with Gasteiger partial charge in [0.2, 0.25) is 0 Å². The smallest absolute Gasteiger partial charge is 0.0399 e. The van der Waals surface area contributed by atoms with Crippen LogP contribution in [0.3, 0.4) is 0 Å². The summed E-state index contributed by atoms with van der Waals surface area (Å²) < 4.78 is 0. The van der Waals surface area contributed by atoms with Crippen LogP contribution in [0, 0.1) is 0 Å². The lowest BCUT2D eigenvalue weighted by Gasteiger charge is -2.26. The van der Waals surface area contributed by atoms with Crippen LogP contribution in [0.1, 0.15) is 37.7 Å². The van der Waals surface area contributed by atoms with Crippen molar-refractivity contribution in [3.05, 3.63) is 29.8 Å². The highest BCUT2D eigenvalue weighted by atomic mass is 35.5. The van der Waals surface area contributed by atoms with Crippen molar-refractivity contribution < 1.29 is 0 Å². The summed E-state index contributed by atoms with van der Waals surface area (Å²) in [6, 6.07) is 8.93. The molecule has 0 unspecified atom stereocenters. The zero-order chi connectivity index (χ0) is 16.3. The molecule has 25 heavy (non-hydrogen) atoms. The molecule has 1 saturated heterocycles. The Labute approximate surface area is 176 Å².